The summed E-state index contributed by atoms with van der Waals surface area (Å²) in [7, 11) is 1.52. The van der Waals surface area contributed by atoms with Crippen molar-refractivity contribution in [1.82, 2.24) is 24.5 Å². The Morgan fingerprint density at radius 3 is 2.86 bits per heavy atom. The number of carbonyl (C=O) groups is 1. The molecule has 1 unspecified atom stereocenters. The Morgan fingerprint density at radius 1 is 1.17 bits per heavy atom. The number of ether oxygens (including phenoxy) is 2. The fraction of sp³-hybridized carbons (Fsp3) is 0.174. The van der Waals surface area contributed by atoms with Gasteiger partial charge in [-0.15, -0.1) is 0 Å². The average molecular weight is 604 g/mol. The monoisotopic (exact) mass is 604 g/mol. The van der Waals surface area contributed by atoms with Gasteiger partial charge in [0.15, 0.2) is 5.82 Å². The summed E-state index contributed by atoms with van der Waals surface area (Å²) in [5.74, 6) is 0.947. The lowest BCUT2D eigenvalue weighted by Crippen LogP contribution is -2.14. The predicted molar refractivity (Wildman–Crippen MR) is 142 cm³/mol. The van der Waals surface area contributed by atoms with Crippen LogP contribution in [0.15, 0.2) is 60.9 Å². The number of pyridine rings is 1. The van der Waals surface area contributed by atoms with Gasteiger partial charge < -0.3 is 19.9 Å². The van der Waals surface area contributed by atoms with Crippen molar-refractivity contribution in [3.8, 4) is 34.4 Å². The number of amides is 1. The second-order valence-corrected chi connectivity index (χ2v) is 9.17. The summed E-state index contributed by atoms with van der Waals surface area (Å²) in [6.07, 6.45) is 4.25. The summed E-state index contributed by atoms with van der Waals surface area (Å²) in [5, 5.41) is 16.0. The number of hydrogen-bond acceptors (Lipinski definition) is 8. The number of methoxy groups -OCH3 is 1. The molecule has 12 heteroatoms. The molecule has 3 aromatic heterocycles. The molecule has 0 fully saturated rings. The van der Waals surface area contributed by atoms with Crippen LogP contribution in [0, 0.1) is 0 Å². The number of benzene rings is 1. The molecule has 35 heavy (non-hydrogen) atoms. The fourth-order valence-electron chi connectivity index (χ4n) is 3.19. The van der Waals surface area contributed by atoms with E-state index < -0.39 is 0 Å². The Morgan fingerprint density at radius 2 is 2.06 bits per heavy atom. The van der Waals surface area contributed by atoms with Gasteiger partial charge in [0, 0.05) is 37.1 Å². The van der Waals surface area contributed by atoms with Crippen LogP contribution in [-0.2, 0) is 0 Å². The average Bonchev–Trinajstić information content (AvgIpc) is 3.38. The summed E-state index contributed by atoms with van der Waals surface area (Å²) >= 11 is 2.25. The van der Waals surface area contributed by atoms with Gasteiger partial charge in [0.05, 0.1) is 37.2 Å². The lowest BCUT2D eigenvalue weighted by atomic mass is 10.1. The number of carbonyl (C=O) groups excluding carboxylic acids is 1. The largest absolute Gasteiger partial charge is 0.495 e. The van der Waals surface area contributed by atoms with Gasteiger partial charge in [0.25, 0.3) is 5.91 Å². The molecule has 0 aliphatic rings. The van der Waals surface area contributed by atoms with E-state index in [9.17, 15) is 4.79 Å². The van der Waals surface area contributed by atoms with E-state index in [4.69, 9.17) is 14.6 Å². The zero-order valence-corrected chi connectivity index (χ0v) is 21.8. The second-order valence-electron chi connectivity index (χ2n) is 7.13. The molecular weight excluding hydrogens is 582 g/mol. The molecule has 0 radical (unpaired) electrons. The predicted octanol–water partition coefficient (Wildman–Crippen LogP) is 4.22. The lowest BCUT2D eigenvalue weighted by Gasteiger charge is -2.12. The highest BCUT2D eigenvalue weighted by Gasteiger charge is 2.15. The maximum absolute atomic E-state index is 13.0. The van der Waals surface area contributed by atoms with Gasteiger partial charge in [-0.25, -0.2) is 14.4 Å². The first-order valence-corrected chi connectivity index (χ1v) is 14.6. The van der Waals surface area contributed by atoms with Crippen LogP contribution in [0.5, 0.6) is 11.6 Å². The Balaban J connectivity index is 1.53. The SMILES string of the molecule is COc1cc(-c2nccc(OCCCO)n2)ccc1NC(=O)c1cccc(-c2ccnn2PI)n1. The molecule has 180 valence electrons. The summed E-state index contributed by atoms with van der Waals surface area (Å²) < 4.78 is 12.9. The molecular formula is C23H22IN6O4P. The number of rotatable bonds is 10. The van der Waals surface area contributed by atoms with E-state index in [1.54, 1.807) is 48.8 Å². The van der Waals surface area contributed by atoms with Crippen molar-refractivity contribution in [2.45, 2.75) is 6.42 Å². The molecule has 2 N–H and O–H groups in total. The van der Waals surface area contributed by atoms with Crippen LogP contribution in [0.2, 0.25) is 0 Å². The van der Waals surface area contributed by atoms with E-state index in [0.29, 0.717) is 53.8 Å². The standard InChI is InChI=1S/C23H22IN6O4P/c1-33-20-14-15(22-25-10-9-21(29-22)34-13-3-12-31)6-7-17(20)28-23(32)18-5-2-4-16(27-18)19-8-11-26-30(19)35-24/h2,4-11,14,31,35H,3,12-13H2,1H3,(H,28,32). The van der Waals surface area contributed by atoms with Gasteiger partial charge in [0.2, 0.25) is 5.88 Å². The molecule has 0 aliphatic heterocycles. The van der Waals surface area contributed by atoms with Gasteiger partial charge in [-0.2, -0.15) is 10.1 Å². The molecule has 10 nitrogen and oxygen atoms in total. The molecule has 1 amide bonds. The Bertz CT molecular complexity index is 1320. The number of anilines is 1. The zero-order chi connectivity index (χ0) is 24.6. The van der Waals surface area contributed by atoms with E-state index in [-0.39, 0.29) is 18.2 Å². The van der Waals surface area contributed by atoms with Gasteiger partial charge >= 0.3 is 0 Å². The quantitative estimate of drug-likeness (QED) is 0.157. The molecule has 0 saturated carbocycles. The first kappa shape index (κ1) is 25.0. The molecule has 0 spiro atoms. The van der Waals surface area contributed by atoms with Crippen LogP contribution in [0.4, 0.5) is 5.69 Å². The number of nitrogens with one attached hydrogen (secondary N) is 1. The van der Waals surface area contributed by atoms with Crippen molar-refractivity contribution in [1.29, 1.82) is 0 Å². The van der Waals surface area contributed by atoms with Crippen LogP contribution >= 0.6 is 28.4 Å². The Hall–Kier alpha value is -3.15. The third-order valence-corrected chi connectivity index (χ3v) is 6.74. The summed E-state index contributed by atoms with van der Waals surface area (Å²) in [6.45, 7) is 0.406. The van der Waals surface area contributed by atoms with Crippen molar-refractivity contribution in [3.05, 3.63) is 66.6 Å². The maximum Gasteiger partial charge on any atom is 0.274 e. The maximum atomic E-state index is 13.0. The zero-order valence-electron chi connectivity index (χ0n) is 18.7. The van der Waals surface area contributed by atoms with Gasteiger partial charge in [-0.05, 0) is 58.4 Å². The van der Waals surface area contributed by atoms with E-state index in [1.165, 1.54) is 7.11 Å². The minimum atomic E-state index is -0.364. The van der Waals surface area contributed by atoms with Crippen LogP contribution in [0.1, 0.15) is 16.9 Å². The van der Waals surface area contributed by atoms with Gasteiger partial charge in [-0.1, -0.05) is 6.07 Å². The van der Waals surface area contributed by atoms with Crippen molar-refractivity contribution >= 4 is 40.0 Å². The lowest BCUT2D eigenvalue weighted by molar-refractivity contribution is 0.102. The molecule has 0 aliphatic carbocycles. The van der Waals surface area contributed by atoms with Gasteiger partial charge in [0.1, 0.15) is 11.4 Å². The Kier molecular flexibility index (Phi) is 8.56. The third-order valence-electron chi connectivity index (χ3n) is 4.86. The summed E-state index contributed by atoms with van der Waals surface area (Å²) in [5.41, 5.74) is 2.97. The highest BCUT2D eigenvalue weighted by Crippen LogP contribution is 2.31. The van der Waals surface area contributed by atoms with E-state index in [2.05, 4.69) is 47.4 Å². The fourth-order valence-corrected chi connectivity index (χ4v) is 4.74. The number of aromatic nitrogens is 5. The highest BCUT2D eigenvalue weighted by atomic mass is 127. The minimum Gasteiger partial charge on any atom is -0.495 e. The van der Waals surface area contributed by atoms with Crippen molar-refractivity contribution in [2.24, 2.45) is 0 Å². The molecule has 0 saturated heterocycles. The first-order chi connectivity index (χ1) is 17.1. The minimum absolute atomic E-state index is 0.0472. The van der Waals surface area contributed by atoms with Crippen molar-refractivity contribution in [2.75, 3.05) is 25.6 Å². The van der Waals surface area contributed by atoms with E-state index in [0.717, 1.165) is 5.69 Å². The van der Waals surface area contributed by atoms with Crippen LogP contribution in [-0.4, -0.2) is 55.8 Å². The van der Waals surface area contributed by atoms with E-state index in [1.807, 2.05) is 16.6 Å². The Labute approximate surface area is 216 Å². The van der Waals surface area contributed by atoms with Gasteiger partial charge in [-0.3, -0.25) is 4.79 Å². The van der Waals surface area contributed by atoms with E-state index >= 15 is 0 Å². The molecule has 4 aromatic rings. The number of aliphatic hydroxyl groups excluding tert-OH is 1. The van der Waals surface area contributed by atoms with Crippen molar-refractivity contribution < 1.29 is 19.4 Å². The highest BCUT2D eigenvalue weighted by molar-refractivity contribution is 14.2. The second kappa shape index (κ2) is 12.0. The molecule has 1 atom stereocenters. The number of nitrogens with zero attached hydrogens (tertiary/aromatic N) is 5. The number of halogens is 1. The van der Waals surface area contributed by atoms with Crippen molar-refractivity contribution in [3.63, 3.8) is 0 Å². The molecule has 1 aromatic carbocycles. The number of aliphatic hydroxyl groups is 1. The normalized spacial score (nSPS) is 11.1. The third kappa shape index (κ3) is 6.11. The molecule has 3 heterocycles. The molecule has 0 bridgehead atoms. The van der Waals surface area contributed by atoms with Crippen LogP contribution in [0.25, 0.3) is 22.8 Å². The van der Waals surface area contributed by atoms with Crippen LogP contribution < -0.4 is 14.8 Å². The number of hydrogen-bond donors (Lipinski definition) is 2. The first-order valence-electron chi connectivity index (χ1n) is 10.6. The smallest absolute Gasteiger partial charge is 0.274 e. The topological polar surface area (TPSA) is 124 Å². The molecule has 4 rings (SSSR count). The summed E-state index contributed by atoms with van der Waals surface area (Å²) in [4.78, 5) is 26.2. The van der Waals surface area contributed by atoms with Crippen LogP contribution in [0.3, 0.4) is 0 Å². The summed E-state index contributed by atoms with van der Waals surface area (Å²) in [6, 6.07) is 14.1.